The van der Waals surface area contributed by atoms with E-state index in [-0.39, 0.29) is 5.91 Å². The average molecular weight is 350 g/mol. The minimum atomic E-state index is -0.109. The fourth-order valence-corrected chi connectivity index (χ4v) is 3.15. The number of hydrogen-bond acceptors (Lipinski definition) is 4. The van der Waals surface area contributed by atoms with Crippen LogP contribution in [-0.4, -0.2) is 25.7 Å². The molecule has 0 spiro atoms. The molecule has 0 atom stereocenters. The second kappa shape index (κ2) is 7.53. The molecule has 0 saturated heterocycles. The van der Waals surface area contributed by atoms with Gasteiger partial charge in [0.1, 0.15) is 13.2 Å². The summed E-state index contributed by atoms with van der Waals surface area (Å²) in [6, 6.07) is 7.68. The average Bonchev–Trinajstić information content (AvgIpc) is 3.06. The SMILES string of the molecule is O=C(/C=C/c1cccs1)NCCc1cc(Cl)c2c(c1)OCCO2. The van der Waals surface area contributed by atoms with Crippen molar-refractivity contribution in [2.75, 3.05) is 19.8 Å². The molecule has 23 heavy (non-hydrogen) atoms. The molecule has 1 aliphatic rings. The molecule has 1 amide bonds. The number of carbonyl (C=O) groups is 1. The fourth-order valence-electron chi connectivity index (χ4n) is 2.24. The number of fused-ring (bicyclic) bond motifs is 1. The maximum atomic E-state index is 11.8. The molecule has 1 aromatic heterocycles. The van der Waals surface area contributed by atoms with Crippen LogP contribution < -0.4 is 14.8 Å². The highest BCUT2D eigenvalue weighted by Gasteiger charge is 2.16. The predicted molar refractivity (Wildman–Crippen MR) is 92.5 cm³/mol. The van der Waals surface area contributed by atoms with Crippen molar-refractivity contribution >= 4 is 34.9 Å². The zero-order valence-corrected chi connectivity index (χ0v) is 14.0. The highest BCUT2D eigenvalue weighted by atomic mass is 35.5. The van der Waals surface area contributed by atoms with E-state index in [0.717, 1.165) is 10.4 Å². The number of benzene rings is 1. The summed E-state index contributed by atoms with van der Waals surface area (Å²) in [7, 11) is 0. The van der Waals surface area contributed by atoms with E-state index in [4.69, 9.17) is 21.1 Å². The molecular weight excluding hydrogens is 334 g/mol. The second-order valence-corrected chi connectivity index (χ2v) is 6.38. The van der Waals surface area contributed by atoms with Gasteiger partial charge in [0.25, 0.3) is 0 Å². The molecule has 0 aliphatic carbocycles. The molecular formula is C17H16ClNO3S. The van der Waals surface area contributed by atoms with Crippen molar-refractivity contribution in [2.24, 2.45) is 0 Å². The molecule has 1 aromatic carbocycles. The van der Waals surface area contributed by atoms with Gasteiger partial charge in [0.05, 0.1) is 5.02 Å². The molecule has 0 saturated carbocycles. The number of amides is 1. The van der Waals surface area contributed by atoms with Crippen molar-refractivity contribution in [3.8, 4) is 11.5 Å². The Bertz CT molecular complexity index is 713. The van der Waals surface area contributed by atoms with Gasteiger partial charge in [-0.05, 0) is 41.6 Å². The van der Waals surface area contributed by atoms with E-state index < -0.39 is 0 Å². The van der Waals surface area contributed by atoms with Crippen LogP contribution in [0.4, 0.5) is 0 Å². The third-order valence-corrected chi connectivity index (χ3v) is 4.43. The molecule has 0 unspecified atom stereocenters. The van der Waals surface area contributed by atoms with Gasteiger partial charge in [-0.2, -0.15) is 0 Å². The zero-order valence-electron chi connectivity index (χ0n) is 12.4. The Morgan fingerprint density at radius 1 is 1.35 bits per heavy atom. The van der Waals surface area contributed by atoms with E-state index in [1.807, 2.05) is 29.6 Å². The molecule has 0 bridgehead atoms. The quantitative estimate of drug-likeness (QED) is 0.840. The summed E-state index contributed by atoms with van der Waals surface area (Å²) in [6.07, 6.45) is 4.03. The summed E-state index contributed by atoms with van der Waals surface area (Å²) in [5, 5.41) is 5.37. The van der Waals surface area contributed by atoms with Gasteiger partial charge in [-0.1, -0.05) is 17.7 Å². The van der Waals surface area contributed by atoms with Gasteiger partial charge < -0.3 is 14.8 Å². The van der Waals surface area contributed by atoms with Crippen LogP contribution in [0.2, 0.25) is 5.02 Å². The maximum absolute atomic E-state index is 11.8. The third kappa shape index (κ3) is 4.27. The van der Waals surface area contributed by atoms with Gasteiger partial charge >= 0.3 is 0 Å². The largest absolute Gasteiger partial charge is 0.486 e. The number of rotatable bonds is 5. The van der Waals surface area contributed by atoms with E-state index in [2.05, 4.69) is 5.32 Å². The monoisotopic (exact) mass is 349 g/mol. The Kier molecular flexibility index (Phi) is 5.20. The number of thiophene rings is 1. The highest BCUT2D eigenvalue weighted by molar-refractivity contribution is 7.10. The second-order valence-electron chi connectivity index (χ2n) is 4.99. The molecule has 2 aromatic rings. The van der Waals surface area contributed by atoms with Crippen molar-refractivity contribution in [1.29, 1.82) is 0 Å². The normalized spacial score (nSPS) is 13.3. The molecule has 1 aliphatic heterocycles. The summed E-state index contributed by atoms with van der Waals surface area (Å²) in [4.78, 5) is 12.8. The first-order valence-electron chi connectivity index (χ1n) is 7.30. The van der Waals surface area contributed by atoms with Crippen molar-refractivity contribution < 1.29 is 14.3 Å². The fraction of sp³-hybridized carbons (Fsp3) is 0.235. The van der Waals surface area contributed by atoms with Crippen LogP contribution in [0.25, 0.3) is 6.08 Å². The van der Waals surface area contributed by atoms with Crippen LogP contribution in [0.5, 0.6) is 11.5 Å². The minimum absolute atomic E-state index is 0.109. The maximum Gasteiger partial charge on any atom is 0.244 e. The van der Waals surface area contributed by atoms with E-state index in [9.17, 15) is 4.79 Å². The molecule has 6 heteroatoms. The summed E-state index contributed by atoms with van der Waals surface area (Å²) in [5.74, 6) is 1.16. The lowest BCUT2D eigenvalue weighted by atomic mass is 10.1. The lowest BCUT2D eigenvalue weighted by Crippen LogP contribution is -2.23. The molecule has 4 nitrogen and oxygen atoms in total. The van der Waals surface area contributed by atoms with Crippen molar-refractivity contribution in [1.82, 2.24) is 5.32 Å². The number of halogens is 1. The molecule has 2 heterocycles. The van der Waals surface area contributed by atoms with Crippen LogP contribution in [0.1, 0.15) is 10.4 Å². The minimum Gasteiger partial charge on any atom is -0.486 e. The lowest BCUT2D eigenvalue weighted by molar-refractivity contribution is -0.116. The first-order valence-corrected chi connectivity index (χ1v) is 8.55. The van der Waals surface area contributed by atoms with Gasteiger partial charge in [-0.25, -0.2) is 0 Å². The van der Waals surface area contributed by atoms with Gasteiger partial charge in [-0.15, -0.1) is 11.3 Å². The van der Waals surface area contributed by atoms with E-state index >= 15 is 0 Å². The van der Waals surface area contributed by atoms with Crippen molar-refractivity contribution in [2.45, 2.75) is 6.42 Å². The number of hydrogen-bond donors (Lipinski definition) is 1. The Morgan fingerprint density at radius 2 is 2.22 bits per heavy atom. The van der Waals surface area contributed by atoms with E-state index in [0.29, 0.717) is 42.7 Å². The Hall–Kier alpha value is -1.98. The Balaban J connectivity index is 1.52. The van der Waals surface area contributed by atoms with E-state index in [1.165, 1.54) is 0 Å². The first-order chi connectivity index (χ1) is 11.2. The number of carbonyl (C=O) groups excluding carboxylic acids is 1. The first kappa shape index (κ1) is 15.9. The summed E-state index contributed by atoms with van der Waals surface area (Å²) < 4.78 is 11.0. The number of nitrogens with one attached hydrogen (secondary N) is 1. The van der Waals surface area contributed by atoms with Crippen LogP contribution in [-0.2, 0) is 11.2 Å². The molecule has 3 rings (SSSR count). The van der Waals surface area contributed by atoms with Crippen LogP contribution in [0.3, 0.4) is 0 Å². The third-order valence-electron chi connectivity index (χ3n) is 3.31. The van der Waals surface area contributed by atoms with Crippen LogP contribution in [0, 0.1) is 0 Å². The zero-order chi connectivity index (χ0) is 16.1. The van der Waals surface area contributed by atoms with Gasteiger partial charge in [-0.3, -0.25) is 4.79 Å². The van der Waals surface area contributed by atoms with Crippen LogP contribution in [0.15, 0.2) is 35.7 Å². The van der Waals surface area contributed by atoms with E-state index in [1.54, 1.807) is 23.5 Å². The summed E-state index contributed by atoms with van der Waals surface area (Å²) in [6.45, 7) is 1.57. The molecule has 0 fully saturated rings. The molecule has 1 N–H and O–H groups in total. The molecule has 120 valence electrons. The smallest absolute Gasteiger partial charge is 0.244 e. The summed E-state index contributed by atoms with van der Waals surface area (Å²) >= 11 is 7.79. The summed E-state index contributed by atoms with van der Waals surface area (Å²) in [5.41, 5.74) is 1.00. The van der Waals surface area contributed by atoms with Gasteiger partial charge in [0.15, 0.2) is 11.5 Å². The molecule has 0 radical (unpaired) electrons. The van der Waals surface area contributed by atoms with Gasteiger partial charge in [0.2, 0.25) is 5.91 Å². The van der Waals surface area contributed by atoms with Gasteiger partial charge in [0, 0.05) is 17.5 Å². The topological polar surface area (TPSA) is 47.6 Å². The predicted octanol–water partition coefficient (Wildman–Crippen LogP) is 3.54. The van der Waals surface area contributed by atoms with Crippen molar-refractivity contribution in [3.63, 3.8) is 0 Å². The standard InChI is InChI=1S/C17H16ClNO3S/c18-14-10-12(11-15-17(14)22-8-7-21-15)5-6-19-16(20)4-3-13-2-1-9-23-13/h1-4,9-11H,5-8H2,(H,19,20)/b4-3+. The Labute approximate surface area is 143 Å². The highest BCUT2D eigenvalue weighted by Crippen LogP contribution is 2.38. The Morgan fingerprint density at radius 3 is 3.04 bits per heavy atom. The van der Waals surface area contributed by atoms with Crippen LogP contribution >= 0.6 is 22.9 Å². The lowest BCUT2D eigenvalue weighted by Gasteiger charge is -2.20. The van der Waals surface area contributed by atoms with Crippen molar-refractivity contribution in [3.05, 3.63) is 51.2 Å². The number of ether oxygens (including phenoxy) is 2.